The number of ether oxygens (including phenoxy) is 2. The van der Waals surface area contributed by atoms with Crippen molar-refractivity contribution in [3.8, 4) is 0 Å². The van der Waals surface area contributed by atoms with Gasteiger partial charge in [-0.25, -0.2) is 4.79 Å². The molecule has 2 fully saturated rings. The summed E-state index contributed by atoms with van der Waals surface area (Å²) in [6, 6.07) is 8.91. The van der Waals surface area contributed by atoms with Crippen LogP contribution in [-0.4, -0.2) is 48.7 Å². The van der Waals surface area contributed by atoms with Crippen LogP contribution in [0.5, 0.6) is 0 Å². The van der Waals surface area contributed by atoms with Crippen LogP contribution in [0.1, 0.15) is 18.4 Å². The fourth-order valence-electron chi connectivity index (χ4n) is 2.90. The van der Waals surface area contributed by atoms with E-state index in [9.17, 15) is 9.59 Å². The molecule has 1 aromatic rings. The van der Waals surface area contributed by atoms with Gasteiger partial charge in [-0.15, -0.1) is 0 Å². The lowest BCUT2D eigenvalue weighted by molar-refractivity contribution is -0.133. The van der Waals surface area contributed by atoms with E-state index in [4.69, 9.17) is 9.47 Å². The molecule has 2 aliphatic heterocycles. The van der Waals surface area contributed by atoms with Crippen LogP contribution in [-0.2, 0) is 20.9 Å². The van der Waals surface area contributed by atoms with Crippen molar-refractivity contribution in [3.05, 3.63) is 35.9 Å². The number of carbonyl (C=O) groups is 2. The minimum absolute atomic E-state index is 0.0725. The molecular weight excluding hydrogens is 284 g/mol. The van der Waals surface area contributed by atoms with Crippen molar-refractivity contribution in [1.82, 2.24) is 10.2 Å². The SMILES string of the molecule is O=C(N[C@H]1COC[C@@H]2CCCN2C1=O)OCc1ccccc1. The number of nitrogens with one attached hydrogen (secondary N) is 1. The molecule has 2 amide bonds. The molecule has 2 atom stereocenters. The van der Waals surface area contributed by atoms with Crippen LogP contribution in [0.3, 0.4) is 0 Å². The lowest BCUT2D eigenvalue weighted by atomic mass is 10.2. The first-order valence-electron chi connectivity index (χ1n) is 7.59. The Hall–Kier alpha value is -2.08. The molecule has 0 bridgehead atoms. The lowest BCUT2D eigenvalue weighted by Crippen LogP contribution is -2.50. The molecule has 0 unspecified atom stereocenters. The number of amides is 2. The highest BCUT2D eigenvalue weighted by atomic mass is 16.5. The summed E-state index contributed by atoms with van der Waals surface area (Å²) in [7, 11) is 0. The smallest absolute Gasteiger partial charge is 0.408 e. The maximum atomic E-state index is 12.4. The number of benzene rings is 1. The molecule has 0 radical (unpaired) electrons. The number of carbonyl (C=O) groups excluding carboxylic acids is 2. The number of hydrogen-bond acceptors (Lipinski definition) is 4. The molecule has 118 valence electrons. The molecule has 2 heterocycles. The third-order valence-electron chi connectivity index (χ3n) is 4.06. The van der Waals surface area contributed by atoms with Crippen LogP contribution >= 0.6 is 0 Å². The van der Waals surface area contributed by atoms with Crippen LogP contribution in [0.2, 0.25) is 0 Å². The molecule has 0 spiro atoms. The standard InChI is InChI=1S/C16H20N2O4/c19-15-14(11-21-10-13-7-4-8-18(13)15)17-16(20)22-9-12-5-2-1-3-6-12/h1-3,5-6,13-14H,4,7-11H2,(H,17,20)/t13-,14-/m0/s1. The van der Waals surface area contributed by atoms with Gasteiger partial charge in [0, 0.05) is 6.54 Å². The summed E-state index contributed by atoms with van der Waals surface area (Å²) in [6.07, 6.45) is 1.37. The predicted octanol–water partition coefficient (Wildman–Crippen LogP) is 1.30. The number of fused-ring (bicyclic) bond motifs is 1. The molecule has 0 aromatic heterocycles. The Labute approximate surface area is 129 Å². The summed E-state index contributed by atoms with van der Waals surface area (Å²) in [5, 5.41) is 2.61. The maximum absolute atomic E-state index is 12.4. The van der Waals surface area contributed by atoms with E-state index in [1.165, 1.54) is 0 Å². The highest BCUT2D eigenvalue weighted by molar-refractivity contribution is 5.86. The molecule has 1 aromatic carbocycles. The number of hydrogen-bond donors (Lipinski definition) is 1. The second-order valence-corrected chi connectivity index (χ2v) is 5.62. The zero-order valence-corrected chi connectivity index (χ0v) is 12.4. The van der Waals surface area contributed by atoms with E-state index >= 15 is 0 Å². The summed E-state index contributed by atoms with van der Waals surface area (Å²) in [5.41, 5.74) is 0.903. The Morgan fingerprint density at radius 3 is 2.95 bits per heavy atom. The van der Waals surface area contributed by atoms with Crippen molar-refractivity contribution < 1.29 is 19.1 Å². The van der Waals surface area contributed by atoms with Gasteiger partial charge in [0.15, 0.2) is 0 Å². The van der Waals surface area contributed by atoms with Crippen molar-refractivity contribution in [2.75, 3.05) is 19.8 Å². The second-order valence-electron chi connectivity index (χ2n) is 5.62. The largest absolute Gasteiger partial charge is 0.445 e. The fraction of sp³-hybridized carbons (Fsp3) is 0.500. The van der Waals surface area contributed by atoms with Gasteiger partial charge < -0.3 is 19.7 Å². The van der Waals surface area contributed by atoms with E-state index in [0.29, 0.717) is 6.61 Å². The van der Waals surface area contributed by atoms with Crippen molar-refractivity contribution in [1.29, 1.82) is 0 Å². The third-order valence-corrected chi connectivity index (χ3v) is 4.06. The van der Waals surface area contributed by atoms with Gasteiger partial charge in [-0.05, 0) is 18.4 Å². The summed E-state index contributed by atoms with van der Waals surface area (Å²) in [5.74, 6) is -0.0725. The van der Waals surface area contributed by atoms with E-state index in [1.807, 2.05) is 35.2 Å². The van der Waals surface area contributed by atoms with E-state index in [-0.39, 0.29) is 25.2 Å². The third kappa shape index (κ3) is 3.39. The van der Waals surface area contributed by atoms with Crippen LogP contribution in [0.25, 0.3) is 0 Å². The summed E-state index contributed by atoms with van der Waals surface area (Å²) in [4.78, 5) is 26.1. The molecule has 1 N–H and O–H groups in total. The molecule has 0 saturated carbocycles. The van der Waals surface area contributed by atoms with Crippen molar-refractivity contribution >= 4 is 12.0 Å². The van der Waals surface area contributed by atoms with Crippen molar-refractivity contribution in [2.24, 2.45) is 0 Å². The second kappa shape index (κ2) is 6.79. The normalized spacial score (nSPS) is 24.5. The first-order valence-corrected chi connectivity index (χ1v) is 7.59. The average molecular weight is 304 g/mol. The Balaban J connectivity index is 1.53. The fourth-order valence-corrected chi connectivity index (χ4v) is 2.90. The van der Waals surface area contributed by atoms with Gasteiger partial charge in [0.05, 0.1) is 19.3 Å². The number of alkyl carbamates (subject to hydrolysis) is 1. The van der Waals surface area contributed by atoms with Gasteiger partial charge >= 0.3 is 6.09 Å². The monoisotopic (exact) mass is 304 g/mol. The zero-order chi connectivity index (χ0) is 15.4. The van der Waals surface area contributed by atoms with Gasteiger partial charge in [-0.1, -0.05) is 30.3 Å². The minimum atomic E-state index is -0.661. The van der Waals surface area contributed by atoms with Crippen molar-refractivity contribution in [2.45, 2.75) is 31.5 Å². The number of rotatable bonds is 3. The summed E-state index contributed by atoms with van der Waals surface area (Å²) in [6.45, 7) is 1.67. The molecular formula is C16H20N2O4. The minimum Gasteiger partial charge on any atom is -0.445 e. The first kappa shape index (κ1) is 14.8. The Bertz CT molecular complexity index is 534. The number of nitrogens with zero attached hydrogens (tertiary/aromatic N) is 1. The Morgan fingerprint density at radius 1 is 1.32 bits per heavy atom. The van der Waals surface area contributed by atoms with Crippen molar-refractivity contribution in [3.63, 3.8) is 0 Å². The maximum Gasteiger partial charge on any atom is 0.408 e. The van der Waals surface area contributed by atoms with E-state index in [1.54, 1.807) is 0 Å². The van der Waals surface area contributed by atoms with Crippen LogP contribution in [0, 0.1) is 0 Å². The summed E-state index contributed by atoms with van der Waals surface area (Å²) < 4.78 is 10.7. The average Bonchev–Trinajstić information content (AvgIpc) is 2.95. The van der Waals surface area contributed by atoms with Gasteiger partial charge in [-0.3, -0.25) is 4.79 Å². The van der Waals surface area contributed by atoms with Gasteiger partial charge in [-0.2, -0.15) is 0 Å². The van der Waals surface area contributed by atoms with E-state index in [2.05, 4.69) is 5.32 Å². The molecule has 6 nitrogen and oxygen atoms in total. The Kier molecular flexibility index (Phi) is 4.58. The topological polar surface area (TPSA) is 67.9 Å². The van der Waals surface area contributed by atoms with Crippen LogP contribution < -0.4 is 5.32 Å². The zero-order valence-electron chi connectivity index (χ0n) is 12.4. The molecule has 22 heavy (non-hydrogen) atoms. The van der Waals surface area contributed by atoms with Gasteiger partial charge in [0.2, 0.25) is 5.91 Å². The van der Waals surface area contributed by atoms with Gasteiger partial charge in [0.1, 0.15) is 12.6 Å². The highest BCUT2D eigenvalue weighted by Gasteiger charge is 2.37. The predicted molar refractivity (Wildman–Crippen MR) is 79.1 cm³/mol. The molecule has 2 saturated heterocycles. The Morgan fingerprint density at radius 2 is 2.14 bits per heavy atom. The highest BCUT2D eigenvalue weighted by Crippen LogP contribution is 2.21. The van der Waals surface area contributed by atoms with Crippen LogP contribution in [0.4, 0.5) is 4.79 Å². The molecule has 0 aliphatic carbocycles. The van der Waals surface area contributed by atoms with Gasteiger partial charge in [0.25, 0.3) is 0 Å². The van der Waals surface area contributed by atoms with E-state index in [0.717, 1.165) is 24.9 Å². The lowest BCUT2D eigenvalue weighted by Gasteiger charge is -2.23. The van der Waals surface area contributed by atoms with E-state index < -0.39 is 12.1 Å². The molecule has 3 rings (SSSR count). The molecule has 6 heteroatoms. The van der Waals surface area contributed by atoms with Crippen LogP contribution in [0.15, 0.2) is 30.3 Å². The quantitative estimate of drug-likeness (QED) is 0.914. The molecule has 2 aliphatic rings. The summed E-state index contributed by atoms with van der Waals surface area (Å²) >= 11 is 0. The first-order chi connectivity index (χ1) is 10.7.